The standard InChI is InChI=1S/C26H18BrN3O3S/c1-15-24(34-25(29-15)17-5-3-2-4-6-17)22(31)20-21(16-11-13-28-14-12-16)30(26(33)23(20)32)19-9-7-18(27)8-10-19/h2-14,21,32H,1H3. The van der Waals surface area contributed by atoms with Crippen molar-refractivity contribution < 1.29 is 14.7 Å². The first-order valence-electron chi connectivity index (χ1n) is 10.5. The fourth-order valence-electron chi connectivity index (χ4n) is 4.00. The highest BCUT2D eigenvalue weighted by molar-refractivity contribution is 9.10. The van der Waals surface area contributed by atoms with Gasteiger partial charge < -0.3 is 5.11 Å². The number of rotatable bonds is 5. The van der Waals surface area contributed by atoms with Crippen LogP contribution >= 0.6 is 27.3 Å². The first kappa shape index (κ1) is 22.2. The third kappa shape index (κ3) is 3.85. The smallest absolute Gasteiger partial charge is 0.294 e. The summed E-state index contributed by atoms with van der Waals surface area (Å²) in [4.78, 5) is 37.6. The maximum absolute atomic E-state index is 13.8. The summed E-state index contributed by atoms with van der Waals surface area (Å²) in [5, 5.41) is 11.7. The van der Waals surface area contributed by atoms with Gasteiger partial charge in [-0.1, -0.05) is 46.3 Å². The number of halogens is 1. The minimum absolute atomic E-state index is 0.0329. The molecule has 5 rings (SSSR count). The zero-order valence-corrected chi connectivity index (χ0v) is 20.4. The molecule has 1 aliphatic heterocycles. The molecule has 1 N–H and O–H groups in total. The van der Waals surface area contributed by atoms with Crippen LogP contribution in [0.2, 0.25) is 0 Å². The molecule has 6 nitrogen and oxygen atoms in total. The van der Waals surface area contributed by atoms with Crippen LogP contribution in [-0.2, 0) is 4.79 Å². The fourth-order valence-corrected chi connectivity index (χ4v) is 5.29. The number of ketones is 1. The summed E-state index contributed by atoms with van der Waals surface area (Å²) < 4.78 is 0.852. The molecule has 0 spiro atoms. The summed E-state index contributed by atoms with van der Waals surface area (Å²) in [6.45, 7) is 1.76. The van der Waals surface area contributed by atoms with Crippen LogP contribution in [0.5, 0.6) is 0 Å². The van der Waals surface area contributed by atoms with Gasteiger partial charge >= 0.3 is 0 Å². The lowest BCUT2D eigenvalue weighted by atomic mass is 9.95. The van der Waals surface area contributed by atoms with Crippen LogP contribution in [0.4, 0.5) is 5.69 Å². The first-order chi connectivity index (χ1) is 16.5. The number of hydrogen-bond donors (Lipinski definition) is 1. The Morgan fingerprint density at radius 1 is 1.03 bits per heavy atom. The van der Waals surface area contributed by atoms with Gasteiger partial charge in [0.05, 0.1) is 22.2 Å². The highest BCUT2D eigenvalue weighted by Crippen LogP contribution is 2.43. The predicted molar refractivity (Wildman–Crippen MR) is 135 cm³/mol. The number of anilines is 1. The number of aryl methyl sites for hydroxylation is 1. The van der Waals surface area contributed by atoms with E-state index in [-0.39, 0.29) is 5.57 Å². The Kier molecular flexibility index (Phi) is 5.85. The lowest BCUT2D eigenvalue weighted by Crippen LogP contribution is -2.31. The normalized spacial score (nSPS) is 15.8. The van der Waals surface area contributed by atoms with Gasteiger partial charge in [0.2, 0.25) is 5.78 Å². The molecule has 0 aliphatic carbocycles. The summed E-state index contributed by atoms with van der Waals surface area (Å²) in [7, 11) is 0. The molecule has 1 amide bonds. The van der Waals surface area contributed by atoms with E-state index >= 15 is 0 Å². The summed E-state index contributed by atoms with van der Waals surface area (Å²) >= 11 is 4.66. The number of nitrogens with zero attached hydrogens (tertiary/aromatic N) is 3. The Balaban J connectivity index is 1.62. The fraction of sp³-hybridized carbons (Fsp3) is 0.0769. The number of aromatic nitrogens is 2. The van der Waals surface area contributed by atoms with E-state index in [2.05, 4.69) is 25.9 Å². The van der Waals surface area contributed by atoms with E-state index in [1.807, 2.05) is 42.5 Å². The first-order valence-corrected chi connectivity index (χ1v) is 12.1. The molecule has 0 saturated heterocycles. The lowest BCUT2D eigenvalue weighted by molar-refractivity contribution is -0.117. The van der Waals surface area contributed by atoms with Gasteiger partial charge in [-0.15, -0.1) is 11.3 Å². The highest BCUT2D eigenvalue weighted by Gasteiger charge is 2.45. The zero-order valence-electron chi connectivity index (χ0n) is 18.0. The molecule has 0 saturated carbocycles. The summed E-state index contributed by atoms with van der Waals surface area (Å²) in [6.07, 6.45) is 3.20. The number of thiazole rings is 1. The Morgan fingerprint density at radius 2 is 1.71 bits per heavy atom. The van der Waals surface area contributed by atoms with Gasteiger partial charge in [-0.3, -0.25) is 19.5 Å². The van der Waals surface area contributed by atoms with E-state index in [0.717, 1.165) is 10.0 Å². The van der Waals surface area contributed by atoms with Crippen LogP contribution in [0.15, 0.2) is 94.9 Å². The van der Waals surface area contributed by atoms with E-state index in [4.69, 9.17) is 0 Å². The van der Waals surface area contributed by atoms with Crippen LogP contribution < -0.4 is 4.90 Å². The Morgan fingerprint density at radius 3 is 2.38 bits per heavy atom. The van der Waals surface area contributed by atoms with Crippen molar-refractivity contribution in [2.24, 2.45) is 0 Å². The number of aliphatic hydroxyl groups is 1. The Labute approximate surface area is 208 Å². The quantitative estimate of drug-likeness (QED) is 0.316. The molecule has 168 valence electrons. The number of carbonyl (C=O) groups is 2. The molecule has 8 heteroatoms. The van der Waals surface area contributed by atoms with Gasteiger partial charge in [-0.2, -0.15) is 0 Å². The number of aliphatic hydroxyl groups excluding tert-OH is 1. The van der Waals surface area contributed by atoms with Crippen molar-refractivity contribution in [2.45, 2.75) is 13.0 Å². The third-order valence-corrected chi connectivity index (χ3v) is 7.34. The molecule has 1 atom stereocenters. The molecule has 3 heterocycles. The van der Waals surface area contributed by atoms with E-state index in [9.17, 15) is 14.7 Å². The van der Waals surface area contributed by atoms with Gasteiger partial charge in [0.1, 0.15) is 5.01 Å². The monoisotopic (exact) mass is 531 g/mol. The van der Waals surface area contributed by atoms with E-state index in [0.29, 0.717) is 26.8 Å². The molecular formula is C26H18BrN3O3S. The largest absolute Gasteiger partial charge is 0.503 e. The number of benzene rings is 2. The van der Waals surface area contributed by atoms with Gasteiger partial charge in [0, 0.05) is 28.1 Å². The molecule has 34 heavy (non-hydrogen) atoms. The van der Waals surface area contributed by atoms with E-state index in [1.54, 1.807) is 43.6 Å². The van der Waals surface area contributed by atoms with E-state index < -0.39 is 23.5 Å². The topological polar surface area (TPSA) is 83.4 Å². The van der Waals surface area contributed by atoms with Crippen LogP contribution in [0.3, 0.4) is 0 Å². The van der Waals surface area contributed by atoms with Crippen molar-refractivity contribution >= 4 is 44.6 Å². The van der Waals surface area contributed by atoms with Crippen molar-refractivity contribution in [1.29, 1.82) is 0 Å². The second-order valence-corrected chi connectivity index (χ2v) is 9.64. The third-order valence-electron chi connectivity index (χ3n) is 5.60. The Hall–Kier alpha value is -3.62. The second-order valence-electron chi connectivity index (χ2n) is 7.73. The summed E-state index contributed by atoms with van der Waals surface area (Å²) in [5.41, 5.74) is 2.72. The minimum Gasteiger partial charge on any atom is -0.503 e. The van der Waals surface area contributed by atoms with Crippen molar-refractivity contribution in [1.82, 2.24) is 9.97 Å². The maximum atomic E-state index is 13.8. The molecule has 2 aromatic heterocycles. The van der Waals surface area contributed by atoms with Crippen molar-refractivity contribution in [3.05, 3.63) is 111 Å². The predicted octanol–water partition coefficient (Wildman–Crippen LogP) is 6.06. The molecule has 1 aliphatic rings. The maximum Gasteiger partial charge on any atom is 0.294 e. The van der Waals surface area contributed by atoms with Crippen LogP contribution in [0, 0.1) is 6.92 Å². The molecule has 4 aromatic rings. The van der Waals surface area contributed by atoms with E-state index in [1.165, 1.54) is 16.2 Å². The molecule has 1 unspecified atom stereocenters. The molecule has 2 aromatic carbocycles. The average Bonchev–Trinajstić information content (AvgIpc) is 3.38. The van der Waals surface area contributed by atoms with Gasteiger partial charge in [0.25, 0.3) is 5.91 Å². The van der Waals surface area contributed by atoms with Gasteiger partial charge in [-0.25, -0.2) is 4.98 Å². The van der Waals surface area contributed by atoms with Crippen LogP contribution in [-0.4, -0.2) is 26.8 Å². The Bertz CT molecular complexity index is 1420. The number of amides is 1. The highest BCUT2D eigenvalue weighted by atomic mass is 79.9. The van der Waals surface area contributed by atoms with Crippen molar-refractivity contribution in [3.8, 4) is 10.6 Å². The van der Waals surface area contributed by atoms with Crippen molar-refractivity contribution in [2.75, 3.05) is 4.90 Å². The number of hydrogen-bond acceptors (Lipinski definition) is 6. The minimum atomic E-state index is -0.800. The SMILES string of the molecule is Cc1nc(-c2ccccc2)sc1C(=O)C1=C(O)C(=O)N(c2ccc(Br)cc2)C1c1ccncc1. The van der Waals surface area contributed by atoms with Crippen LogP contribution in [0.1, 0.15) is 27.0 Å². The molecule has 0 radical (unpaired) electrons. The number of carbonyl (C=O) groups excluding carboxylic acids is 2. The summed E-state index contributed by atoms with van der Waals surface area (Å²) in [6, 6.07) is 19.4. The van der Waals surface area contributed by atoms with Crippen molar-refractivity contribution in [3.63, 3.8) is 0 Å². The van der Waals surface area contributed by atoms with Gasteiger partial charge in [-0.05, 0) is 48.9 Å². The number of Topliss-reactive ketones (excluding diaryl/α,β-unsaturated/α-hetero) is 1. The second kappa shape index (κ2) is 8.96. The number of pyridine rings is 1. The lowest BCUT2D eigenvalue weighted by Gasteiger charge is -2.26. The molecule has 0 fully saturated rings. The van der Waals surface area contributed by atoms with Gasteiger partial charge in [0.15, 0.2) is 5.76 Å². The average molecular weight is 532 g/mol. The molecular weight excluding hydrogens is 514 g/mol. The zero-order chi connectivity index (χ0) is 23.8. The van der Waals surface area contributed by atoms with Crippen LogP contribution in [0.25, 0.3) is 10.6 Å². The molecule has 0 bridgehead atoms. The summed E-state index contributed by atoms with van der Waals surface area (Å²) in [5.74, 6) is -1.59.